The molecule has 1 amide bonds. The maximum Gasteiger partial charge on any atom is 0.264 e. The van der Waals surface area contributed by atoms with Gasteiger partial charge in [0.2, 0.25) is 5.91 Å². The number of hydrogen-bond acceptors (Lipinski definition) is 4. The zero-order valence-corrected chi connectivity index (χ0v) is 20.3. The lowest BCUT2D eigenvalue weighted by atomic mass is 10.1. The third-order valence-electron chi connectivity index (χ3n) is 5.42. The van der Waals surface area contributed by atoms with Crippen molar-refractivity contribution in [3.05, 3.63) is 89.0 Å². The number of carbonyl (C=O) groups is 1. The molecular weight excluding hydrogens is 436 g/mol. The standard InChI is InChI=1S/C26H30N2O4S/c1-19-10-11-21(3)25(16-19)32-15-14-27-26(29)18-28(23-13-12-20(2)22(4)17-23)33(30,31)24-8-6-5-7-9-24/h5-13,16-17H,14-15,18H2,1-4H3,(H,27,29). The summed E-state index contributed by atoms with van der Waals surface area (Å²) in [5.74, 6) is 0.366. The zero-order chi connectivity index (χ0) is 24.0. The van der Waals surface area contributed by atoms with Gasteiger partial charge in [-0.3, -0.25) is 9.10 Å². The van der Waals surface area contributed by atoms with Crippen molar-refractivity contribution in [2.75, 3.05) is 24.0 Å². The monoisotopic (exact) mass is 466 g/mol. The van der Waals surface area contributed by atoms with Crippen molar-refractivity contribution in [3.8, 4) is 5.75 Å². The van der Waals surface area contributed by atoms with Crippen molar-refractivity contribution >= 4 is 21.6 Å². The predicted molar refractivity (Wildman–Crippen MR) is 131 cm³/mol. The van der Waals surface area contributed by atoms with Crippen molar-refractivity contribution < 1.29 is 17.9 Å². The minimum Gasteiger partial charge on any atom is -0.491 e. The zero-order valence-electron chi connectivity index (χ0n) is 19.5. The summed E-state index contributed by atoms with van der Waals surface area (Å²) in [7, 11) is -3.92. The average molecular weight is 467 g/mol. The van der Waals surface area contributed by atoms with Gasteiger partial charge in [-0.1, -0.05) is 36.4 Å². The number of sulfonamides is 1. The van der Waals surface area contributed by atoms with E-state index >= 15 is 0 Å². The van der Waals surface area contributed by atoms with E-state index in [2.05, 4.69) is 5.32 Å². The Labute approximate surface area is 196 Å². The molecule has 0 spiro atoms. The third-order valence-corrected chi connectivity index (χ3v) is 7.21. The maximum atomic E-state index is 13.4. The smallest absolute Gasteiger partial charge is 0.264 e. The second-order valence-electron chi connectivity index (χ2n) is 8.06. The summed E-state index contributed by atoms with van der Waals surface area (Å²) in [6, 6.07) is 19.4. The summed E-state index contributed by atoms with van der Waals surface area (Å²) in [5.41, 5.74) is 4.55. The van der Waals surface area contributed by atoms with Gasteiger partial charge in [0.1, 0.15) is 18.9 Å². The number of amides is 1. The van der Waals surface area contributed by atoms with Gasteiger partial charge in [-0.2, -0.15) is 0 Å². The molecule has 0 aromatic heterocycles. The highest BCUT2D eigenvalue weighted by Gasteiger charge is 2.27. The Morgan fingerprint density at radius 1 is 0.879 bits per heavy atom. The number of nitrogens with one attached hydrogen (secondary N) is 1. The second-order valence-corrected chi connectivity index (χ2v) is 9.92. The predicted octanol–water partition coefficient (Wildman–Crippen LogP) is 4.31. The summed E-state index contributed by atoms with van der Waals surface area (Å²) in [4.78, 5) is 12.8. The van der Waals surface area contributed by atoms with Crippen molar-refractivity contribution in [3.63, 3.8) is 0 Å². The van der Waals surface area contributed by atoms with Gasteiger partial charge in [0, 0.05) is 0 Å². The lowest BCUT2D eigenvalue weighted by molar-refractivity contribution is -0.119. The largest absolute Gasteiger partial charge is 0.491 e. The van der Waals surface area contributed by atoms with Crippen LogP contribution in [0.2, 0.25) is 0 Å². The fraction of sp³-hybridized carbons (Fsp3) is 0.269. The molecule has 0 fully saturated rings. The van der Waals surface area contributed by atoms with Gasteiger partial charge in [-0.05, 0) is 80.3 Å². The summed E-state index contributed by atoms with van der Waals surface area (Å²) in [6.07, 6.45) is 0. The molecular formula is C26H30N2O4S. The molecule has 0 aliphatic heterocycles. The first kappa shape index (κ1) is 24.3. The molecule has 3 rings (SSSR count). The van der Waals surface area contributed by atoms with Crippen molar-refractivity contribution in [1.29, 1.82) is 0 Å². The first-order valence-corrected chi connectivity index (χ1v) is 12.2. The fourth-order valence-corrected chi connectivity index (χ4v) is 4.75. The normalized spacial score (nSPS) is 11.2. The van der Waals surface area contributed by atoms with Crippen LogP contribution in [0.5, 0.6) is 5.75 Å². The van der Waals surface area contributed by atoms with Crippen LogP contribution in [-0.2, 0) is 14.8 Å². The SMILES string of the molecule is Cc1ccc(C)c(OCCNC(=O)CN(c2ccc(C)c(C)c2)S(=O)(=O)c2ccccc2)c1. The Morgan fingerprint density at radius 3 is 2.27 bits per heavy atom. The van der Waals surface area contributed by atoms with E-state index in [1.807, 2.05) is 52.0 Å². The van der Waals surface area contributed by atoms with E-state index in [1.165, 1.54) is 12.1 Å². The molecule has 0 atom stereocenters. The number of nitrogens with zero attached hydrogens (tertiary/aromatic N) is 1. The van der Waals surface area contributed by atoms with E-state index in [0.29, 0.717) is 5.69 Å². The molecule has 3 aromatic rings. The highest BCUT2D eigenvalue weighted by atomic mass is 32.2. The molecule has 0 heterocycles. The number of rotatable bonds is 9. The number of ether oxygens (including phenoxy) is 1. The van der Waals surface area contributed by atoms with Crippen molar-refractivity contribution in [1.82, 2.24) is 5.32 Å². The van der Waals surface area contributed by atoms with E-state index < -0.39 is 15.9 Å². The Kier molecular flexibility index (Phi) is 7.76. The Hall–Kier alpha value is -3.32. The van der Waals surface area contributed by atoms with Gasteiger partial charge >= 0.3 is 0 Å². The summed E-state index contributed by atoms with van der Waals surface area (Å²) in [6.45, 7) is 8.03. The van der Waals surface area contributed by atoms with Crippen LogP contribution in [0.25, 0.3) is 0 Å². The van der Waals surface area contributed by atoms with Crippen LogP contribution in [0.4, 0.5) is 5.69 Å². The van der Waals surface area contributed by atoms with E-state index in [4.69, 9.17) is 4.74 Å². The lowest BCUT2D eigenvalue weighted by Crippen LogP contribution is -2.42. The maximum absolute atomic E-state index is 13.4. The van der Waals surface area contributed by atoms with Gasteiger partial charge < -0.3 is 10.1 Å². The van der Waals surface area contributed by atoms with E-state index in [1.54, 1.807) is 30.3 Å². The number of anilines is 1. The molecule has 33 heavy (non-hydrogen) atoms. The van der Waals surface area contributed by atoms with Crippen LogP contribution in [0.3, 0.4) is 0 Å². The van der Waals surface area contributed by atoms with Crippen LogP contribution in [0.1, 0.15) is 22.3 Å². The van der Waals surface area contributed by atoms with E-state index in [-0.39, 0.29) is 24.6 Å². The molecule has 6 nitrogen and oxygen atoms in total. The topological polar surface area (TPSA) is 75.7 Å². The molecule has 0 saturated carbocycles. The van der Waals surface area contributed by atoms with Crippen LogP contribution < -0.4 is 14.4 Å². The molecule has 0 unspecified atom stereocenters. The summed E-state index contributed by atoms with van der Waals surface area (Å²) >= 11 is 0. The lowest BCUT2D eigenvalue weighted by Gasteiger charge is -2.25. The molecule has 0 saturated heterocycles. The van der Waals surface area contributed by atoms with Crippen LogP contribution in [0, 0.1) is 27.7 Å². The highest BCUT2D eigenvalue weighted by Crippen LogP contribution is 2.25. The average Bonchev–Trinajstić information content (AvgIpc) is 2.79. The molecule has 0 aliphatic carbocycles. The minimum absolute atomic E-state index is 0.134. The first-order chi connectivity index (χ1) is 15.7. The highest BCUT2D eigenvalue weighted by molar-refractivity contribution is 7.92. The van der Waals surface area contributed by atoms with Gasteiger partial charge in [-0.15, -0.1) is 0 Å². The number of hydrogen-bond donors (Lipinski definition) is 1. The molecule has 0 aliphatic rings. The molecule has 0 radical (unpaired) electrons. The van der Waals surface area contributed by atoms with Crippen LogP contribution >= 0.6 is 0 Å². The number of aryl methyl sites for hydroxylation is 4. The van der Waals surface area contributed by atoms with Gasteiger partial charge in [-0.25, -0.2) is 8.42 Å². The van der Waals surface area contributed by atoms with Crippen LogP contribution in [-0.4, -0.2) is 34.0 Å². The molecule has 1 N–H and O–H groups in total. The molecule has 0 bridgehead atoms. The van der Waals surface area contributed by atoms with E-state index in [9.17, 15) is 13.2 Å². The molecule has 3 aromatic carbocycles. The first-order valence-electron chi connectivity index (χ1n) is 10.8. The molecule has 174 valence electrons. The third kappa shape index (κ3) is 6.14. The Morgan fingerprint density at radius 2 is 1.58 bits per heavy atom. The van der Waals surface area contributed by atoms with Gasteiger partial charge in [0.05, 0.1) is 17.1 Å². The second kappa shape index (κ2) is 10.5. The summed E-state index contributed by atoms with van der Waals surface area (Å²) < 4.78 is 33.7. The Balaban J connectivity index is 1.72. The summed E-state index contributed by atoms with van der Waals surface area (Å²) in [5, 5.41) is 2.77. The van der Waals surface area contributed by atoms with Gasteiger partial charge in [0.15, 0.2) is 0 Å². The molecule has 7 heteroatoms. The number of benzene rings is 3. The van der Waals surface area contributed by atoms with Gasteiger partial charge in [0.25, 0.3) is 10.0 Å². The quantitative estimate of drug-likeness (QED) is 0.477. The van der Waals surface area contributed by atoms with E-state index in [0.717, 1.165) is 32.3 Å². The minimum atomic E-state index is -3.92. The van der Waals surface area contributed by atoms with Crippen molar-refractivity contribution in [2.24, 2.45) is 0 Å². The van der Waals surface area contributed by atoms with Crippen LogP contribution in [0.15, 0.2) is 71.6 Å². The number of carbonyl (C=O) groups excluding carboxylic acids is 1. The van der Waals surface area contributed by atoms with Crippen molar-refractivity contribution in [2.45, 2.75) is 32.6 Å². The fourth-order valence-electron chi connectivity index (χ4n) is 3.32. The Bertz CT molecular complexity index is 1220.